The van der Waals surface area contributed by atoms with Crippen molar-refractivity contribution in [1.82, 2.24) is 19.5 Å². The first-order chi connectivity index (χ1) is 12.0. The van der Waals surface area contributed by atoms with Gasteiger partial charge in [-0.2, -0.15) is 5.10 Å². The van der Waals surface area contributed by atoms with E-state index in [1.54, 1.807) is 0 Å². The summed E-state index contributed by atoms with van der Waals surface area (Å²) in [7, 11) is 1.95. The van der Waals surface area contributed by atoms with Crippen LogP contribution in [0.4, 0.5) is 0 Å². The van der Waals surface area contributed by atoms with E-state index in [0.717, 1.165) is 41.3 Å². The number of amides is 1. The molecule has 0 aromatic carbocycles. The van der Waals surface area contributed by atoms with Crippen LogP contribution >= 0.6 is 0 Å². The van der Waals surface area contributed by atoms with Crippen LogP contribution in [0.25, 0.3) is 5.65 Å². The Kier molecular flexibility index (Phi) is 5.40. The molecule has 1 amide bonds. The minimum atomic E-state index is 0.237. The van der Waals surface area contributed by atoms with Crippen molar-refractivity contribution >= 4 is 11.6 Å². The number of aromatic nitrogens is 3. The van der Waals surface area contributed by atoms with E-state index >= 15 is 0 Å². The number of aryl methyl sites for hydroxylation is 3. The Balaban J connectivity index is 1.64. The molecule has 0 atom stereocenters. The summed E-state index contributed by atoms with van der Waals surface area (Å²) < 4.78 is 1.90. The zero-order chi connectivity index (χ0) is 18.0. The third-order valence-corrected chi connectivity index (χ3v) is 5.56. The van der Waals surface area contributed by atoms with Crippen molar-refractivity contribution in [3.63, 3.8) is 0 Å². The van der Waals surface area contributed by atoms with Crippen molar-refractivity contribution in [2.24, 2.45) is 5.92 Å². The molecule has 3 rings (SSSR count). The van der Waals surface area contributed by atoms with Gasteiger partial charge >= 0.3 is 0 Å². The predicted molar refractivity (Wildman–Crippen MR) is 99.7 cm³/mol. The van der Waals surface area contributed by atoms with Crippen molar-refractivity contribution in [2.75, 3.05) is 13.6 Å². The van der Waals surface area contributed by atoms with Gasteiger partial charge in [-0.3, -0.25) is 4.79 Å². The Morgan fingerprint density at radius 2 is 1.96 bits per heavy atom. The molecule has 25 heavy (non-hydrogen) atoms. The molecule has 5 nitrogen and oxygen atoms in total. The zero-order valence-corrected chi connectivity index (χ0v) is 16.0. The number of hydrogen-bond donors (Lipinski definition) is 0. The summed E-state index contributed by atoms with van der Waals surface area (Å²) in [5.41, 5.74) is 5.11. The Labute approximate surface area is 150 Å². The standard InChI is InChI=1S/C20H30N4O/c1-14-12-19-21-15(2)18(16(3)24(19)22-14)10-11-20(25)23(4)13-17-8-6-5-7-9-17/h12,17H,5-11,13H2,1-4H3. The van der Waals surface area contributed by atoms with Crippen LogP contribution in [0.15, 0.2) is 6.07 Å². The first-order valence-electron chi connectivity index (χ1n) is 9.52. The van der Waals surface area contributed by atoms with Crippen LogP contribution in [-0.2, 0) is 11.2 Å². The molecule has 0 bridgehead atoms. The molecule has 5 heteroatoms. The molecule has 0 N–H and O–H groups in total. The normalized spacial score (nSPS) is 15.7. The van der Waals surface area contributed by atoms with E-state index in [9.17, 15) is 4.79 Å². The Morgan fingerprint density at radius 1 is 1.24 bits per heavy atom. The minimum absolute atomic E-state index is 0.237. The summed E-state index contributed by atoms with van der Waals surface area (Å²) in [5.74, 6) is 0.928. The topological polar surface area (TPSA) is 50.5 Å². The number of carbonyl (C=O) groups excluding carboxylic acids is 1. The lowest BCUT2D eigenvalue weighted by atomic mass is 9.89. The van der Waals surface area contributed by atoms with Crippen LogP contribution in [0, 0.1) is 26.7 Å². The number of hydrogen-bond acceptors (Lipinski definition) is 3. The lowest BCUT2D eigenvalue weighted by Gasteiger charge is -2.27. The van der Waals surface area contributed by atoms with Crippen molar-refractivity contribution in [3.05, 3.63) is 28.7 Å². The Morgan fingerprint density at radius 3 is 2.68 bits per heavy atom. The highest BCUT2D eigenvalue weighted by Gasteiger charge is 2.19. The van der Waals surface area contributed by atoms with E-state index in [0.29, 0.717) is 12.3 Å². The predicted octanol–water partition coefficient (Wildman–Crippen LogP) is 3.63. The van der Waals surface area contributed by atoms with Gasteiger partial charge in [0.05, 0.1) is 5.69 Å². The molecule has 0 unspecified atom stereocenters. The number of nitrogens with zero attached hydrogens (tertiary/aromatic N) is 4. The Bertz CT molecular complexity index is 759. The molecule has 0 saturated heterocycles. The van der Waals surface area contributed by atoms with Crippen molar-refractivity contribution in [3.8, 4) is 0 Å². The van der Waals surface area contributed by atoms with E-state index in [1.807, 2.05) is 36.4 Å². The van der Waals surface area contributed by atoms with E-state index in [1.165, 1.54) is 32.1 Å². The summed E-state index contributed by atoms with van der Waals surface area (Å²) in [6.45, 7) is 6.99. The molecular formula is C20H30N4O. The molecule has 2 aromatic heterocycles. The quantitative estimate of drug-likeness (QED) is 0.834. The first kappa shape index (κ1) is 17.9. The smallest absolute Gasteiger partial charge is 0.222 e. The fourth-order valence-corrected chi connectivity index (χ4v) is 4.08. The molecule has 0 radical (unpaired) electrons. The molecule has 1 fully saturated rings. The van der Waals surface area contributed by atoms with Crippen LogP contribution in [0.1, 0.15) is 61.2 Å². The highest BCUT2D eigenvalue weighted by molar-refractivity contribution is 5.76. The molecule has 1 aliphatic rings. The number of carbonyl (C=O) groups is 1. The second-order valence-corrected chi connectivity index (χ2v) is 7.60. The van der Waals surface area contributed by atoms with Crippen LogP contribution in [0.3, 0.4) is 0 Å². The largest absolute Gasteiger partial charge is 0.345 e. The molecule has 2 aromatic rings. The molecule has 0 aliphatic heterocycles. The average Bonchev–Trinajstić information content (AvgIpc) is 2.95. The van der Waals surface area contributed by atoms with Gasteiger partial charge in [-0.15, -0.1) is 0 Å². The maximum Gasteiger partial charge on any atom is 0.222 e. The highest BCUT2D eigenvalue weighted by atomic mass is 16.2. The van der Waals surface area contributed by atoms with E-state index in [2.05, 4.69) is 17.0 Å². The van der Waals surface area contributed by atoms with Gasteiger partial charge in [0.2, 0.25) is 5.91 Å². The summed E-state index contributed by atoms with van der Waals surface area (Å²) >= 11 is 0. The minimum Gasteiger partial charge on any atom is -0.345 e. The number of rotatable bonds is 5. The lowest BCUT2D eigenvalue weighted by Crippen LogP contribution is -2.32. The third-order valence-electron chi connectivity index (χ3n) is 5.56. The Hall–Kier alpha value is -1.91. The summed E-state index contributed by atoms with van der Waals surface area (Å²) in [6.07, 6.45) is 7.81. The highest BCUT2D eigenvalue weighted by Crippen LogP contribution is 2.24. The van der Waals surface area contributed by atoms with E-state index in [4.69, 9.17) is 0 Å². The van der Waals surface area contributed by atoms with Gasteiger partial charge in [0.1, 0.15) is 0 Å². The molecule has 136 valence electrons. The third kappa shape index (κ3) is 4.02. The summed E-state index contributed by atoms with van der Waals surface area (Å²) in [4.78, 5) is 19.1. The summed E-state index contributed by atoms with van der Waals surface area (Å²) in [5, 5.41) is 4.51. The SMILES string of the molecule is Cc1cc2nc(C)c(CCC(=O)N(C)CC3CCCCC3)c(C)n2n1. The average molecular weight is 342 g/mol. The maximum atomic E-state index is 12.6. The van der Waals surface area contributed by atoms with Gasteiger partial charge in [0, 0.05) is 37.5 Å². The van der Waals surface area contributed by atoms with Gasteiger partial charge in [0.15, 0.2) is 5.65 Å². The number of fused-ring (bicyclic) bond motifs is 1. The van der Waals surface area contributed by atoms with Gasteiger partial charge in [0.25, 0.3) is 0 Å². The van der Waals surface area contributed by atoms with Gasteiger partial charge in [-0.25, -0.2) is 9.50 Å². The van der Waals surface area contributed by atoms with Crippen molar-refractivity contribution < 1.29 is 4.79 Å². The fraction of sp³-hybridized carbons (Fsp3) is 0.650. The lowest BCUT2D eigenvalue weighted by molar-refractivity contribution is -0.130. The molecule has 1 aliphatic carbocycles. The van der Waals surface area contributed by atoms with Crippen molar-refractivity contribution in [2.45, 2.75) is 65.7 Å². The van der Waals surface area contributed by atoms with Gasteiger partial charge in [-0.1, -0.05) is 19.3 Å². The fourth-order valence-electron chi connectivity index (χ4n) is 4.08. The summed E-state index contributed by atoms with van der Waals surface area (Å²) in [6, 6.07) is 1.99. The van der Waals surface area contributed by atoms with Crippen molar-refractivity contribution in [1.29, 1.82) is 0 Å². The molecule has 2 heterocycles. The van der Waals surface area contributed by atoms with E-state index < -0.39 is 0 Å². The molecule has 1 saturated carbocycles. The monoisotopic (exact) mass is 342 g/mol. The second-order valence-electron chi connectivity index (χ2n) is 7.60. The van der Waals surface area contributed by atoms with Crippen LogP contribution < -0.4 is 0 Å². The maximum absolute atomic E-state index is 12.6. The first-order valence-corrected chi connectivity index (χ1v) is 9.52. The van der Waals surface area contributed by atoms with Gasteiger partial charge in [-0.05, 0) is 51.5 Å². The van der Waals surface area contributed by atoms with Gasteiger partial charge < -0.3 is 4.90 Å². The molecular weight excluding hydrogens is 312 g/mol. The second kappa shape index (κ2) is 7.54. The van der Waals surface area contributed by atoms with Crippen LogP contribution in [0.5, 0.6) is 0 Å². The zero-order valence-electron chi connectivity index (χ0n) is 16.0. The molecule has 0 spiro atoms. The van der Waals surface area contributed by atoms with E-state index in [-0.39, 0.29) is 5.91 Å². The van der Waals surface area contributed by atoms with Crippen LogP contribution in [-0.4, -0.2) is 39.0 Å². The van der Waals surface area contributed by atoms with Crippen LogP contribution in [0.2, 0.25) is 0 Å².